The molecule has 15 heavy (non-hydrogen) atoms. The standard InChI is InChI=1S/C12H21N3/c1-12(2,3)5-6-15-11-7-10(13-4)8-14-9-11/h7-9,13,15H,5-6H2,1-4H3. The molecule has 1 rings (SSSR count). The van der Waals surface area contributed by atoms with Gasteiger partial charge in [-0.1, -0.05) is 20.8 Å². The average molecular weight is 207 g/mol. The lowest BCUT2D eigenvalue weighted by Gasteiger charge is -2.18. The van der Waals surface area contributed by atoms with Crippen molar-refractivity contribution in [2.24, 2.45) is 5.41 Å². The maximum Gasteiger partial charge on any atom is 0.0547 e. The molecule has 1 aromatic heterocycles. The van der Waals surface area contributed by atoms with Crippen LogP contribution in [-0.4, -0.2) is 18.6 Å². The van der Waals surface area contributed by atoms with Crippen molar-refractivity contribution >= 4 is 11.4 Å². The van der Waals surface area contributed by atoms with Gasteiger partial charge >= 0.3 is 0 Å². The van der Waals surface area contributed by atoms with Gasteiger partial charge in [-0.15, -0.1) is 0 Å². The summed E-state index contributed by atoms with van der Waals surface area (Å²) in [4.78, 5) is 4.15. The summed E-state index contributed by atoms with van der Waals surface area (Å²) in [5, 5.41) is 6.44. The third-order valence-electron chi connectivity index (χ3n) is 2.23. The first kappa shape index (κ1) is 11.8. The summed E-state index contributed by atoms with van der Waals surface area (Å²) in [7, 11) is 1.90. The van der Waals surface area contributed by atoms with Crippen molar-refractivity contribution in [3.8, 4) is 0 Å². The highest BCUT2D eigenvalue weighted by Gasteiger charge is 2.08. The Kier molecular flexibility index (Phi) is 3.95. The molecule has 0 aliphatic rings. The number of rotatable bonds is 4. The van der Waals surface area contributed by atoms with E-state index in [9.17, 15) is 0 Å². The van der Waals surface area contributed by atoms with Crippen molar-refractivity contribution in [1.82, 2.24) is 4.98 Å². The molecule has 0 aliphatic carbocycles. The Hall–Kier alpha value is -1.25. The number of hydrogen-bond donors (Lipinski definition) is 2. The molecule has 0 saturated carbocycles. The fourth-order valence-electron chi connectivity index (χ4n) is 1.26. The Morgan fingerprint density at radius 1 is 1.20 bits per heavy atom. The maximum atomic E-state index is 4.15. The third kappa shape index (κ3) is 4.68. The lowest BCUT2D eigenvalue weighted by Crippen LogP contribution is -2.12. The zero-order chi connectivity index (χ0) is 11.3. The van der Waals surface area contributed by atoms with Crippen LogP contribution >= 0.6 is 0 Å². The molecule has 0 amide bonds. The topological polar surface area (TPSA) is 37.0 Å². The molecule has 2 N–H and O–H groups in total. The van der Waals surface area contributed by atoms with Crippen molar-refractivity contribution in [3.63, 3.8) is 0 Å². The van der Waals surface area contributed by atoms with Crippen LogP contribution in [-0.2, 0) is 0 Å². The van der Waals surface area contributed by atoms with Gasteiger partial charge in [-0.05, 0) is 17.9 Å². The molecule has 84 valence electrons. The van der Waals surface area contributed by atoms with E-state index in [0.29, 0.717) is 5.41 Å². The van der Waals surface area contributed by atoms with Gasteiger partial charge in [0, 0.05) is 13.6 Å². The van der Waals surface area contributed by atoms with Gasteiger partial charge in [0.15, 0.2) is 0 Å². The number of nitrogens with one attached hydrogen (secondary N) is 2. The normalized spacial score (nSPS) is 11.2. The number of aromatic nitrogens is 1. The molecule has 3 nitrogen and oxygen atoms in total. The second-order valence-electron chi connectivity index (χ2n) is 4.95. The Labute approximate surface area is 92.3 Å². The van der Waals surface area contributed by atoms with Crippen molar-refractivity contribution in [2.45, 2.75) is 27.2 Å². The monoisotopic (exact) mass is 207 g/mol. The third-order valence-corrected chi connectivity index (χ3v) is 2.23. The zero-order valence-corrected chi connectivity index (χ0v) is 10.1. The van der Waals surface area contributed by atoms with Gasteiger partial charge in [0.05, 0.1) is 23.8 Å². The van der Waals surface area contributed by atoms with Crippen LogP contribution in [0.1, 0.15) is 27.2 Å². The summed E-state index contributed by atoms with van der Waals surface area (Å²) in [6.45, 7) is 7.73. The van der Waals surface area contributed by atoms with E-state index in [2.05, 4.69) is 42.5 Å². The van der Waals surface area contributed by atoms with Gasteiger partial charge in [0.1, 0.15) is 0 Å². The van der Waals surface area contributed by atoms with Gasteiger partial charge in [-0.3, -0.25) is 4.98 Å². The minimum absolute atomic E-state index is 0.376. The first-order valence-corrected chi connectivity index (χ1v) is 5.38. The Bertz CT molecular complexity index is 302. The highest BCUT2D eigenvalue weighted by Crippen LogP contribution is 2.19. The molecule has 0 radical (unpaired) electrons. The number of nitrogens with zero attached hydrogens (tertiary/aromatic N) is 1. The number of hydrogen-bond acceptors (Lipinski definition) is 3. The molecule has 1 aromatic rings. The van der Waals surface area contributed by atoms with Crippen LogP contribution in [0.2, 0.25) is 0 Å². The molecule has 0 bridgehead atoms. The fourth-order valence-corrected chi connectivity index (χ4v) is 1.26. The predicted octanol–water partition coefficient (Wildman–Crippen LogP) is 2.97. The molecule has 0 atom stereocenters. The van der Waals surface area contributed by atoms with Gasteiger partial charge < -0.3 is 10.6 Å². The van der Waals surface area contributed by atoms with E-state index in [0.717, 1.165) is 24.3 Å². The minimum Gasteiger partial charge on any atom is -0.387 e. The quantitative estimate of drug-likeness (QED) is 0.797. The van der Waals surface area contributed by atoms with Gasteiger partial charge in [-0.2, -0.15) is 0 Å². The van der Waals surface area contributed by atoms with E-state index in [-0.39, 0.29) is 0 Å². The fraction of sp³-hybridized carbons (Fsp3) is 0.583. The predicted molar refractivity (Wildman–Crippen MR) is 66.3 cm³/mol. The summed E-state index contributed by atoms with van der Waals surface area (Å²) in [5.41, 5.74) is 2.49. The van der Waals surface area contributed by atoms with Crippen molar-refractivity contribution in [1.29, 1.82) is 0 Å². The number of pyridine rings is 1. The maximum absolute atomic E-state index is 4.15. The summed E-state index contributed by atoms with van der Waals surface area (Å²) in [5.74, 6) is 0. The first-order chi connectivity index (χ1) is 7.01. The van der Waals surface area contributed by atoms with Crippen LogP contribution in [0.4, 0.5) is 11.4 Å². The van der Waals surface area contributed by atoms with E-state index in [1.54, 1.807) is 0 Å². The minimum atomic E-state index is 0.376. The summed E-state index contributed by atoms with van der Waals surface area (Å²) in [6, 6.07) is 2.07. The molecule has 3 heteroatoms. The van der Waals surface area contributed by atoms with Crippen LogP contribution < -0.4 is 10.6 Å². The SMILES string of the molecule is CNc1cncc(NCCC(C)(C)C)c1. The summed E-state index contributed by atoms with van der Waals surface area (Å²) < 4.78 is 0. The second kappa shape index (κ2) is 5.01. The lowest BCUT2D eigenvalue weighted by molar-refractivity contribution is 0.390. The van der Waals surface area contributed by atoms with Crippen LogP contribution in [0.25, 0.3) is 0 Å². The lowest BCUT2D eigenvalue weighted by atomic mass is 9.92. The molecule has 0 spiro atoms. The Morgan fingerprint density at radius 2 is 1.87 bits per heavy atom. The Morgan fingerprint density at radius 3 is 2.47 bits per heavy atom. The van der Waals surface area contributed by atoms with Crippen LogP contribution in [0.5, 0.6) is 0 Å². The molecular formula is C12H21N3. The summed E-state index contributed by atoms with van der Waals surface area (Å²) in [6.07, 6.45) is 4.81. The molecule has 0 aromatic carbocycles. The van der Waals surface area contributed by atoms with Gasteiger partial charge in [0.2, 0.25) is 0 Å². The van der Waals surface area contributed by atoms with E-state index in [1.165, 1.54) is 0 Å². The van der Waals surface area contributed by atoms with Crippen LogP contribution in [0, 0.1) is 5.41 Å². The molecule has 0 unspecified atom stereocenters. The van der Waals surface area contributed by atoms with E-state index >= 15 is 0 Å². The molecule has 0 aliphatic heterocycles. The van der Waals surface area contributed by atoms with E-state index < -0.39 is 0 Å². The van der Waals surface area contributed by atoms with Gasteiger partial charge in [0.25, 0.3) is 0 Å². The summed E-state index contributed by atoms with van der Waals surface area (Å²) >= 11 is 0. The van der Waals surface area contributed by atoms with Gasteiger partial charge in [-0.25, -0.2) is 0 Å². The molecule has 1 heterocycles. The second-order valence-corrected chi connectivity index (χ2v) is 4.95. The largest absolute Gasteiger partial charge is 0.387 e. The van der Waals surface area contributed by atoms with Crippen LogP contribution in [0.3, 0.4) is 0 Å². The molecule has 0 saturated heterocycles. The van der Waals surface area contributed by atoms with Crippen molar-refractivity contribution in [3.05, 3.63) is 18.5 Å². The Balaban J connectivity index is 2.44. The van der Waals surface area contributed by atoms with E-state index in [1.807, 2.05) is 19.4 Å². The van der Waals surface area contributed by atoms with Crippen molar-refractivity contribution < 1.29 is 0 Å². The number of anilines is 2. The highest BCUT2D eigenvalue weighted by atomic mass is 14.9. The van der Waals surface area contributed by atoms with E-state index in [4.69, 9.17) is 0 Å². The first-order valence-electron chi connectivity index (χ1n) is 5.38. The van der Waals surface area contributed by atoms with Crippen molar-refractivity contribution in [2.75, 3.05) is 24.2 Å². The molecule has 0 fully saturated rings. The zero-order valence-electron chi connectivity index (χ0n) is 10.1. The van der Waals surface area contributed by atoms with Crippen LogP contribution in [0.15, 0.2) is 18.5 Å². The highest BCUT2D eigenvalue weighted by molar-refractivity contribution is 5.53. The smallest absolute Gasteiger partial charge is 0.0547 e. The average Bonchev–Trinajstić information content (AvgIpc) is 2.16. The molecular weight excluding hydrogens is 186 g/mol.